The zero-order chi connectivity index (χ0) is 22.5. The van der Waals surface area contributed by atoms with Gasteiger partial charge in [-0.1, -0.05) is 31.5 Å². The number of rotatable bonds is 8. The van der Waals surface area contributed by atoms with E-state index >= 15 is 0 Å². The largest absolute Gasteiger partial charge is 0.383 e. The number of amides is 2. The van der Waals surface area contributed by atoms with Gasteiger partial charge >= 0.3 is 0 Å². The summed E-state index contributed by atoms with van der Waals surface area (Å²) in [5, 5.41) is 1.65. The lowest BCUT2D eigenvalue weighted by Gasteiger charge is -2.42. The normalized spacial score (nSPS) is 27.1. The number of piperazine rings is 1. The molecule has 0 spiro atoms. The first-order valence-electron chi connectivity index (χ1n) is 12.0. The minimum Gasteiger partial charge on any atom is -0.383 e. The van der Waals surface area contributed by atoms with Gasteiger partial charge in [0.1, 0.15) is 0 Å². The topological polar surface area (TPSA) is 68.4 Å². The number of hydrazine groups is 1. The van der Waals surface area contributed by atoms with E-state index in [4.69, 9.17) is 4.74 Å². The molecule has 8 heteroatoms. The molecule has 3 fully saturated rings. The van der Waals surface area contributed by atoms with Crippen molar-refractivity contribution in [3.05, 3.63) is 30.3 Å². The molecule has 3 saturated heterocycles. The summed E-state index contributed by atoms with van der Waals surface area (Å²) in [6.07, 6.45) is 2.40. The summed E-state index contributed by atoms with van der Waals surface area (Å²) in [5.41, 5.74) is 4.24. The molecule has 0 saturated carbocycles. The summed E-state index contributed by atoms with van der Waals surface area (Å²) in [7, 11) is 1.69. The number of ether oxygens (including phenoxy) is 1. The average Bonchev–Trinajstić information content (AvgIpc) is 3.17. The highest BCUT2D eigenvalue weighted by molar-refractivity contribution is 5.98. The molecule has 32 heavy (non-hydrogen) atoms. The second-order valence-electron chi connectivity index (χ2n) is 9.15. The van der Waals surface area contributed by atoms with Gasteiger partial charge in [0.15, 0.2) is 0 Å². The Morgan fingerprint density at radius 1 is 1.06 bits per heavy atom. The Morgan fingerprint density at radius 3 is 2.50 bits per heavy atom. The monoisotopic (exact) mass is 443 g/mol. The summed E-state index contributed by atoms with van der Waals surface area (Å²) in [5.74, 6) is -0.260. The van der Waals surface area contributed by atoms with Crippen LogP contribution in [0.2, 0.25) is 0 Å². The summed E-state index contributed by atoms with van der Waals surface area (Å²) in [6.45, 7) is 9.36. The van der Waals surface area contributed by atoms with Crippen LogP contribution in [0, 0.1) is 11.8 Å². The van der Waals surface area contributed by atoms with Crippen molar-refractivity contribution in [1.29, 1.82) is 0 Å². The Morgan fingerprint density at radius 2 is 1.81 bits per heavy atom. The number of methoxy groups -OCH3 is 1. The predicted molar refractivity (Wildman–Crippen MR) is 124 cm³/mol. The molecule has 0 aromatic heterocycles. The fraction of sp³-hybridized carbons (Fsp3) is 0.667. The number of para-hydroxylation sites is 1. The van der Waals surface area contributed by atoms with Crippen LogP contribution in [-0.2, 0) is 14.3 Å². The van der Waals surface area contributed by atoms with E-state index in [0.717, 1.165) is 45.0 Å². The molecule has 3 aliphatic heterocycles. The number of benzene rings is 1. The van der Waals surface area contributed by atoms with Crippen molar-refractivity contribution in [2.75, 3.05) is 71.1 Å². The van der Waals surface area contributed by atoms with Crippen LogP contribution in [0.1, 0.15) is 19.8 Å². The number of nitrogens with one attached hydrogen (secondary N) is 1. The van der Waals surface area contributed by atoms with Gasteiger partial charge in [-0.25, -0.2) is 10.4 Å². The number of anilines is 1. The second kappa shape index (κ2) is 10.7. The smallest absolute Gasteiger partial charge is 0.247 e. The zero-order valence-electron chi connectivity index (χ0n) is 19.4. The Hall–Kier alpha value is -2.00. The van der Waals surface area contributed by atoms with Crippen LogP contribution in [0.4, 0.5) is 5.69 Å². The molecule has 2 amide bonds. The SMILES string of the molecule is CCCCN1CCN(C(=O)C2CN(CCOC)CC3C(=O)N(c4ccccc4)NC23)CC1. The Labute approximate surface area is 191 Å². The molecule has 4 rings (SSSR count). The fourth-order valence-corrected chi connectivity index (χ4v) is 5.15. The van der Waals surface area contributed by atoms with E-state index in [1.54, 1.807) is 12.1 Å². The van der Waals surface area contributed by atoms with Crippen molar-refractivity contribution in [3.8, 4) is 0 Å². The Bertz CT molecular complexity index is 768. The van der Waals surface area contributed by atoms with Gasteiger partial charge in [-0.15, -0.1) is 0 Å². The number of fused-ring (bicyclic) bond motifs is 1. The lowest BCUT2D eigenvalue weighted by molar-refractivity contribution is -0.141. The molecule has 176 valence electrons. The minimum atomic E-state index is -0.245. The first kappa shape index (κ1) is 23.2. The van der Waals surface area contributed by atoms with Crippen molar-refractivity contribution in [1.82, 2.24) is 20.1 Å². The summed E-state index contributed by atoms with van der Waals surface area (Å²) in [6, 6.07) is 9.48. The highest BCUT2D eigenvalue weighted by Gasteiger charge is 2.51. The molecule has 3 unspecified atom stereocenters. The van der Waals surface area contributed by atoms with E-state index in [9.17, 15) is 9.59 Å². The first-order valence-corrected chi connectivity index (χ1v) is 12.0. The number of piperidine rings is 1. The van der Waals surface area contributed by atoms with Crippen LogP contribution in [0.15, 0.2) is 30.3 Å². The number of carbonyl (C=O) groups is 2. The summed E-state index contributed by atoms with van der Waals surface area (Å²) < 4.78 is 5.28. The van der Waals surface area contributed by atoms with Crippen molar-refractivity contribution < 1.29 is 14.3 Å². The zero-order valence-corrected chi connectivity index (χ0v) is 19.4. The van der Waals surface area contributed by atoms with E-state index < -0.39 is 0 Å². The maximum Gasteiger partial charge on any atom is 0.247 e. The highest BCUT2D eigenvalue weighted by atomic mass is 16.5. The van der Waals surface area contributed by atoms with E-state index in [0.29, 0.717) is 19.7 Å². The standard InChI is InChI=1S/C24H37N5O3/c1-3-4-10-26-11-13-28(14-12-26)23(30)20-17-27(15-16-32-2)18-21-22(20)25-29(24(21)31)19-8-6-5-7-9-19/h5-9,20-22,25H,3-4,10-18H2,1-2H3. The predicted octanol–water partition coefficient (Wildman–Crippen LogP) is 1.05. The molecule has 1 N–H and O–H groups in total. The third-order valence-corrected chi connectivity index (χ3v) is 7.05. The van der Waals surface area contributed by atoms with Crippen molar-refractivity contribution in [2.45, 2.75) is 25.8 Å². The summed E-state index contributed by atoms with van der Waals surface area (Å²) in [4.78, 5) is 33.7. The number of carbonyl (C=O) groups excluding carboxylic acids is 2. The number of hydrogen-bond donors (Lipinski definition) is 1. The molecule has 8 nitrogen and oxygen atoms in total. The van der Waals surface area contributed by atoms with Crippen LogP contribution in [0.5, 0.6) is 0 Å². The van der Waals surface area contributed by atoms with Gasteiger partial charge in [0.2, 0.25) is 11.8 Å². The Balaban J connectivity index is 1.48. The average molecular weight is 444 g/mol. The van der Waals surface area contributed by atoms with Gasteiger partial charge in [-0.2, -0.15) is 0 Å². The highest BCUT2D eigenvalue weighted by Crippen LogP contribution is 2.32. The number of hydrogen-bond acceptors (Lipinski definition) is 6. The molecule has 3 heterocycles. The fourth-order valence-electron chi connectivity index (χ4n) is 5.15. The first-order chi connectivity index (χ1) is 15.6. The van der Waals surface area contributed by atoms with Gasteiger partial charge in [-0.3, -0.25) is 19.4 Å². The lowest BCUT2D eigenvalue weighted by Crippen LogP contribution is -2.60. The molecule has 1 aromatic rings. The van der Waals surface area contributed by atoms with Gasteiger partial charge in [0.25, 0.3) is 0 Å². The van der Waals surface area contributed by atoms with Gasteiger partial charge < -0.3 is 9.64 Å². The number of unbranched alkanes of at least 4 members (excludes halogenated alkanes) is 1. The molecule has 3 aliphatic rings. The molecule has 3 atom stereocenters. The molecule has 0 radical (unpaired) electrons. The molecular formula is C24H37N5O3. The quantitative estimate of drug-likeness (QED) is 0.648. The Kier molecular flexibility index (Phi) is 7.78. The minimum absolute atomic E-state index is 0.0468. The lowest BCUT2D eigenvalue weighted by atomic mass is 9.83. The molecular weight excluding hydrogens is 406 g/mol. The summed E-state index contributed by atoms with van der Waals surface area (Å²) >= 11 is 0. The van der Waals surface area contributed by atoms with Gasteiger partial charge in [-0.05, 0) is 25.1 Å². The van der Waals surface area contributed by atoms with Gasteiger partial charge in [0.05, 0.1) is 30.2 Å². The second-order valence-corrected chi connectivity index (χ2v) is 9.15. The van der Waals surface area contributed by atoms with Crippen molar-refractivity contribution in [2.24, 2.45) is 11.8 Å². The van der Waals surface area contributed by atoms with Gasteiger partial charge in [0, 0.05) is 52.9 Å². The van der Waals surface area contributed by atoms with Crippen LogP contribution < -0.4 is 10.4 Å². The van der Waals surface area contributed by atoms with Crippen LogP contribution in [0.25, 0.3) is 0 Å². The third-order valence-electron chi connectivity index (χ3n) is 7.05. The molecule has 1 aromatic carbocycles. The number of nitrogens with zero attached hydrogens (tertiary/aromatic N) is 4. The van der Waals surface area contributed by atoms with Crippen LogP contribution in [0.3, 0.4) is 0 Å². The number of likely N-dealkylation sites (tertiary alicyclic amines) is 1. The van der Waals surface area contributed by atoms with Crippen LogP contribution in [-0.4, -0.2) is 98.6 Å². The third kappa shape index (κ3) is 4.98. The van der Waals surface area contributed by atoms with Crippen molar-refractivity contribution >= 4 is 17.5 Å². The molecule has 0 bridgehead atoms. The van der Waals surface area contributed by atoms with E-state index in [1.807, 2.05) is 35.2 Å². The molecule has 0 aliphatic carbocycles. The van der Waals surface area contributed by atoms with Crippen molar-refractivity contribution in [3.63, 3.8) is 0 Å². The van der Waals surface area contributed by atoms with E-state index in [-0.39, 0.29) is 29.7 Å². The van der Waals surface area contributed by atoms with E-state index in [1.165, 1.54) is 12.8 Å². The van der Waals surface area contributed by atoms with E-state index in [2.05, 4.69) is 22.1 Å². The van der Waals surface area contributed by atoms with Crippen LogP contribution >= 0.6 is 0 Å². The maximum atomic E-state index is 13.7. The maximum absolute atomic E-state index is 13.7.